The maximum Gasteiger partial charge on any atom is 0.321 e. The lowest BCUT2D eigenvalue weighted by Gasteiger charge is -2.34. The summed E-state index contributed by atoms with van der Waals surface area (Å²) in [6, 6.07) is 8.66. The van der Waals surface area contributed by atoms with Crippen LogP contribution in [0.15, 0.2) is 24.3 Å². The largest absolute Gasteiger partial charge is 0.358 e. The maximum absolute atomic E-state index is 12.2. The predicted molar refractivity (Wildman–Crippen MR) is 82.3 cm³/mol. The average molecular weight is 301 g/mol. The van der Waals surface area contributed by atoms with Crippen molar-refractivity contribution in [2.75, 3.05) is 45.1 Å². The van der Waals surface area contributed by atoms with E-state index >= 15 is 0 Å². The Bertz CT molecular complexity index is 588. The zero-order chi connectivity index (χ0) is 15.9. The van der Waals surface area contributed by atoms with Crippen molar-refractivity contribution in [1.29, 1.82) is 5.26 Å². The highest BCUT2D eigenvalue weighted by Gasteiger charge is 2.22. The summed E-state index contributed by atoms with van der Waals surface area (Å²) < 4.78 is 0. The molecule has 1 heterocycles. The minimum absolute atomic E-state index is 0.0220. The number of hydrogen-bond donors (Lipinski definition) is 2. The molecule has 0 aliphatic carbocycles. The highest BCUT2D eigenvalue weighted by molar-refractivity contribution is 5.89. The Kier molecular flexibility index (Phi) is 5.33. The van der Waals surface area contributed by atoms with Gasteiger partial charge in [0.05, 0.1) is 18.2 Å². The Balaban J connectivity index is 1.84. The topological polar surface area (TPSA) is 88.5 Å². The number of carbonyl (C=O) groups excluding carboxylic acids is 2. The van der Waals surface area contributed by atoms with Crippen molar-refractivity contribution in [3.05, 3.63) is 29.8 Å². The van der Waals surface area contributed by atoms with Crippen molar-refractivity contribution in [3.8, 4) is 6.07 Å². The van der Waals surface area contributed by atoms with E-state index in [2.05, 4.69) is 10.6 Å². The fourth-order valence-corrected chi connectivity index (χ4v) is 2.26. The normalized spacial score (nSPS) is 15.0. The number of nitrogens with zero attached hydrogens (tertiary/aromatic N) is 3. The van der Waals surface area contributed by atoms with Gasteiger partial charge in [-0.15, -0.1) is 0 Å². The van der Waals surface area contributed by atoms with Gasteiger partial charge in [0, 0.05) is 38.9 Å². The molecule has 1 aromatic rings. The molecule has 0 spiro atoms. The molecule has 0 aromatic heterocycles. The Morgan fingerprint density at radius 3 is 2.64 bits per heavy atom. The van der Waals surface area contributed by atoms with Crippen LogP contribution < -0.4 is 10.6 Å². The third kappa shape index (κ3) is 4.20. The molecule has 7 heteroatoms. The summed E-state index contributed by atoms with van der Waals surface area (Å²) in [5.74, 6) is -0.0220. The molecule has 1 fully saturated rings. The van der Waals surface area contributed by atoms with Crippen LogP contribution in [0.2, 0.25) is 0 Å². The molecule has 116 valence electrons. The average Bonchev–Trinajstić information content (AvgIpc) is 2.55. The summed E-state index contributed by atoms with van der Waals surface area (Å²) in [4.78, 5) is 27.2. The van der Waals surface area contributed by atoms with Gasteiger partial charge in [-0.05, 0) is 18.2 Å². The zero-order valence-electron chi connectivity index (χ0n) is 12.5. The minimum atomic E-state index is -0.185. The fraction of sp³-hybridized carbons (Fsp3) is 0.400. The first kappa shape index (κ1) is 15.8. The molecular weight excluding hydrogens is 282 g/mol. The zero-order valence-corrected chi connectivity index (χ0v) is 12.5. The first-order valence-electron chi connectivity index (χ1n) is 7.11. The first-order valence-corrected chi connectivity index (χ1v) is 7.11. The van der Waals surface area contributed by atoms with Crippen LogP contribution >= 0.6 is 0 Å². The number of anilines is 1. The van der Waals surface area contributed by atoms with Crippen LogP contribution in [0.4, 0.5) is 10.5 Å². The summed E-state index contributed by atoms with van der Waals surface area (Å²) in [5, 5.41) is 14.2. The quantitative estimate of drug-likeness (QED) is 0.848. The maximum atomic E-state index is 12.2. The van der Waals surface area contributed by atoms with Crippen LogP contribution in [-0.4, -0.2) is 61.5 Å². The van der Waals surface area contributed by atoms with Gasteiger partial charge >= 0.3 is 6.03 Å². The number of nitrogens with one attached hydrogen (secondary N) is 2. The van der Waals surface area contributed by atoms with Gasteiger partial charge in [-0.1, -0.05) is 6.07 Å². The van der Waals surface area contributed by atoms with E-state index in [1.807, 2.05) is 11.0 Å². The van der Waals surface area contributed by atoms with Gasteiger partial charge in [-0.2, -0.15) is 5.26 Å². The van der Waals surface area contributed by atoms with Crippen molar-refractivity contribution >= 4 is 17.6 Å². The van der Waals surface area contributed by atoms with E-state index in [4.69, 9.17) is 5.26 Å². The Hall–Kier alpha value is -2.59. The summed E-state index contributed by atoms with van der Waals surface area (Å²) in [5.41, 5.74) is 1.12. The molecule has 0 saturated carbocycles. The number of carbonyl (C=O) groups is 2. The lowest BCUT2D eigenvalue weighted by Crippen LogP contribution is -2.51. The third-order valence-electron chi connectivity index (χ3n) is 3.55. The molecule has 0 radical (unpaired) electrons. The van der Waals surface area contributed by atoms with Crippen LogP contribution in [0.1, 0.15) is 5.56 Å². The van der Waals surface area contributed by atoms with Gasteiger partial charge in [-0.3, -0.25) is 9.69 Å². The molecule has 3 amide bonds. The Labute approximate surface area is 129 Å². The highest BCUT2D eigenvalue weighted by Crippen LogP contribution is 2.11. The molecule has 2 rings (SSSR count). The van der Waals surface area contributed by atoms with Gasteiger partial charge in [0.2, 0.25) is 5.91 Å². The van der Waals surface area contributed by atoms with E-state index < -0.39 is 0 Å². The lowest BCUT2D eigenvalue weighted by atomic mass is 10.2. The number of piperazine rings is 1. The van der Waals surface area contributed by atoms with Crippen molar-refractivity contribution in [1.82, 2.24) is 15.1 Å². The van der Waals surface area contributed by atoms with Crippen molar-refractivity contribution in [3.63, 3.8) is 0 Å². The minimum Gasteiger partial charge on any atom is -0.358 e. The molecule has 0 bridgehead atoms. The molecule has 22 heavy (non-hydrogen) atoms. The number of hydrogen-bond acceptors (Lipinski definition) is 4. The molecule has 7 nitrogen and oxygen atoms in total. The molecule has 1 aliphatic rings. The van der Waals surface area contributed by atoms with Gasteiger partial charge in [0.1, 0.15) is 0 Å². The fourth-order valence-electron chi connectivity index (χ4n) is 2.26. The van der Waals surface area contributed by atoms with Gasteiger partial charge in [0.25, 0.3) is 0 Å². The van der Waals surface area contributed by atoms with Crippen molar-refractivity contribution in [2.45, 2.75) is 0 Å². The molecule has 2 N–H and O–H groups in total. The molecule has 0 atom stereocenters. The predicted octanol–water partition coefficient (Wildman–Crippen LogP) is 0.454. The summed E-state index contributed by atoms with van der Waals surface area (Å²) in [6.45, 7) is 2.83. The van der Waals surface area contributed by atoms with Crippen molar-refractivity contribution < 1.29 is 9.59 Å². The van der Waals surface area contributed by atoms with Crippen LogP contribution in [0, 0.1) is 11.3 Å². The standard InChI is InChI=1S/C15H19N5O2/c1-17-14(21)11-19-5-7-20(8-6-19)15(22)18-13-4-2-3-12(9-13)10-16/h2-4,9H,5-8,11H2,1H3,(H,17,21)(H,18,22). The van der Waals surface area contributed by atoms with E-state index in [-0.39, 0.29) is 11.9 Å². The number of benzene rings is 1. The number of urea groups is 1. The molecular formula is C15H19N5O2. The van der Waals surface area contributed by atoms with Crippen molar-refractivity contribution in [2.24, 2.45) is 0 Å². The number of rotatable bonds is 3. The molecule has 1 saturated heterocycles. The Morgan fingerprint density at radius 2 is 2.00 bits per heavy atom. The van der Waals surface area contributed by atoms with E-state index in [0.717, 1.165) is 0 Å². The van der Waals surface area contributed by atoms with Crippen LogP contribution in [0.25, 0.3) is 0 Å². The Morgan fingerprint density at radius 1 is 1.27 bits per heavy atom. The van der Waals surface area contributed by atoms with E-state index in [1.54, 1.807) is 36.2 Å². The summed E-state index contributed by atoms with van der Waals surface area (Å²) in [6.07, 6.45) is 0. The van der Waals surface area contributed by atoms with Crippen LogP contribution in [-0.2, 0) is 4.79 Å². The number of likely N-dealkylation sites (N-methyl/N-ethyl adjacent to an activating group) is 1. The number of amides is 3. The van der Waals surface area contributed by atoms with Crippen LogP contribution in [0.3, 0.4) is 0 Å². The second-order valence-corrected chi connectivity index (χ2v) is 5.06. The summed E-state index contributed by atoms with van der Waals surface area (Å²) >= 11 is 0. The van der Waals surface area contributed by atoms with E-state index in [0.29, 0.717) is 44.0 Å². The number of nitriles is 1. The molecule has 0 unspecified atom stereocenters. The smallest absolute Gasteiger partial charge is 0.321 e. The third-order valence-corrected chi connectivity index (χ3v) is 3.55. The van der Waals surface area contributed by atoms with Gasteiger partial charge < -0.3 is 15.5 Å². The second-order valence-electron chi connectivity index (χ2n) is 5.06. The van der Waals surface area contributed by atoms with Gasteiger partial charge in [0.15, 0.2) is 0 Å². The van der Waals surface area contributed by atoms with Gasteiger partial charge in [-0.25, -0.2) is 4.79 Å². The monoisotopic (exact) mass is 301 g/mol. The summed E-state index contributed by atoms with van der Waals surface area (Å²) in [7, 11) is 1.61. The second kappa shape index (κ2) is 7.43. The molecule has 1 aliphatic heterocycles. The highest BCUT2D eigenvalue weighted by atomic mass is 16.2. The lowest BCUT2D eigenvalue weighted by molar-refractivity contribution is -0.122. The van der Waals surface area contributed by atoms with E-state index in [1.165, 1.54) is 0 Å². The van der Waals surface area contributed by atoms with Crippen LogP contribution in [0.5, 0.6) is 0 Å². The van der Waals surface area contributed by atoms with E-state index in [9.17, 15) is 9.59 Å². The SMILES string of the molecule is CNC(=O)CN1CCN(C(=O)Nc2cccc(C#N)c2)CC1. The molecule has 1 aromatic carbocycles. The first-order chi connectivity index (χ1) is 10.6.